The van der Waals surface area contributed by atoms with Gasteiger partial charge in [0.1, 0.15) is 0 Å². The molecule has 0 spiro atoms. The maximum atomic E-state index is 9.44. The monoisotopic (exact) mass is 276 g/mol. The van der Waals surface area contributed by atoms with Gasteiger partial charge in [-0.05, 0) is 44.0 Å². The van der Waals surface area contributed by atoms with Gasteiger partial charge >= 0.3 is 0 Å². The summed E-state index contributed by atoms with van der Waals surface area (Å²) in [6.45, 7) is 6.95. The zero-order valence-corrected chi connectivity index (χ0v) is 12.1. The van der Waals surface area contributed by atoms with Crippen LogP contribution >= 0.6 is 34.8 Å². The topological polar surface area (TPSA) is 20.2 Å². The van der Waals surface area contributed by atoms with E-state index in [1.807, 2.05) is 7.05 Å². The zero-order chi connectivity index (χ0) is 12.3. The third-order valence-corrected chi connectivity index (χ3v) is 4.29. The Kier molecular flexibility index (Phi) is 6.24. The van der Waals surface area contributed by atoms with Crippen LogP contribution in [0.3, 0.4) is 0 Å². The number of alkyl halides is 3. The molecule has 0 bridgehead atoms. The average molecular weight is 278 g/mol. The number of quaternary nitrogens is 1. The first-order chi connectivity index (χ1) is 6.65. The minimum Gasteiger partial charge on any atom is -0.392 e. The summed E-state index contributed by atoms with van der Waals surface area (Å²) in [6, 6.07) is 0. The Morgan fingerprint density at radius 1 is 1.27 bits per heavy atom. The van der Waals surface area contributed by atoms with E-state index in [2.05, 4.69) is 20.8 Å². The predicted octanol–water partition coefficient (Wildman–Crippen LogP) is 2.98. The van der Waals surface area contributed by atoms with Gasteiger partial charge in [-0.1, -0.05) is 0 Å². The van der Waals surface area contributed by atoms with Crippen molar-refractivity contribution in [2.24, 2.45) is 0 Å². The third kappa shape index (κ3) is 4.27. The van der Waals surface area contributed by atoms with Crippen molar-refractivity contribution in [1.29, 1.82) is 0 Å². The molecule has 0 saturated carbocycles. The summed E-state index contributed by atoms with van der Waals surface area (Å²) in [5, 5.41) is 9.44. The van der Waals surface area contributed by atoms with E-state index in [1.165, 1.54) is 0 Å². The fraction of sp³-hybridized carbons (Fsp3) is 1.00. The van der Waals surface area contributed by atoms with Gasteiger partial charge in [0.25, 0.3) is 0 Å². The largest absolute Gasteiger partial charge is 0.392 e. The second-order valence-electron chi connectivity index (χ2n) is 5.04. The molecule has 2 unspecified atom stereocenters. The smallest absolute Gasteiger partial charge is 0.241 e. The zero-order valence-electron chi connectivity index (χ0n) is 9.80. The van der Waals surface area contributed by atoms with Crippen molar-refractivity contribution in [2.75, 3.05) is 19.5 Å². The summed E-state index contributed by atoms with van der Waals surface area (Å²) >= 11 is 17.6. The summed E-state index contributed by atoms with van der Waals surface area (Å²) in [6.07, 6.45) is 0.117. The lowest BCUT2D eigenvalue weighted by Crippen LogP contribution is -2.60. The summed E-state index contributed by atoms with van der Waals surface area (Å²) in [5.41, 5.74) is -0.0692. The second kappa shape index (κ2) is 5.92. The van der Waals surface area contributed by atoms with Crippen molar-refractivity contribution in [1.82, 2.24) is 0 Å². The van der Waals surface area contributed by atoms with E-state index in [0.29, 0.717) is 17.4 Å². The van der Waals surface area contributed by atoms with Crippen LogP contribution in [0.1, 0.15) is 27.2 Å². The maximum absolute atomic E-state index is 9.44. The van der Waals surface area contributed by atoms with Crippen molar-refractivity contribution < 1.29 is 9.59 Å². The molecule has 0 amide bonds. The molecule has 2 nitrogen and oxygen atoms in total. The van der Waals surface area contributed by atoms with Gasteiger partial charge in [0, 0.05) is 12.3 Å². The number of aliphatic hydroxyl groups is 1. The molecule has 2 atom stereocenters. The van der Waals surface area contributed by atoms with E-state index in [1.54, 1.807) is 0 Å². The highest BCUT2D eigenvalue weighted by Gasteiger charge is 2.41. The quantitative estimate of drug-likeness (QED) is 0.465. The van der Waals surface area contributed by atoms with E-state index >= 15 is 0 Å². The van der Waals surface area contributed by atoms with Crippen LogP contribution in [-0.2, 0) is 0 Å². The van der Waals surface area contributed by atoms with Gasteiger partial charge in [-0.25, -0.2) is 0 Å². The van der Waals surface area contributed by atoms with Crippen molar-refractivity contribution in [3.8, 4) is 0 Å². The van der Waals surface area contributed by atoms with Crippen LogP contribution in [0.2, 0.25) is 0 Å². The molecule has 15 heavy (non-hydrogen) atoms. The van der Waals surface area contributed by atoms with E-state index in [-0.39, 0.29) is 11.4 Å². The summed E-state index contributed by atoms with van der Waals surface area (Å²) in [5.74, 6) is 0.249. The molecule has 0 aliphatic heterocycles. The van der Waals surface area contributed by atoms with E-state index in [0.717, 1.165) is 0 Å². The summed E-state index contributed by atoms with van der Waals surface area (Å²) < 4.78 is 0.490. The highest BCUT2D eigenvalue weighted by atomic mass is 35.5. The molecular formula is C10H21Cl3NO+. The van der Waals surface area contributed by atoms with Crippen LogP contribution in [0, 0.1) is 0 Å². The Labute approximate surface area is 108 Å². The lowest BCUT2D eigenvalue weighted by Gasteiger charge is -2.46. The Morgan fingerprint density at radius 2 is 1.73 bits per heavy atom. The van der Waals surface area contributed by atoms with Crippen LogP contribution in [-0.4, -0.2) is 45.7 Å². The molecular weight excluding hydrogens is 256 g/mol. The van der Waals surface area contributed by atoms with Crippen molar-refractivity contribution >= 4 is 34.8 Å². The first-order valence-corrected chi connectivity index (χ1v) is 6.43. The molecule has 0 aromatic carbocycles. The van der Waals surface area contributed by atoms with Crippen LogP contribution in [0.5, 0.6) is 0 Å². The number of halogens is 3. The van der Waals surface area contributed by atoms with Crippen LogP contribution in [0.15, 0.2) is 0 Å². The van der Waals surface area contributed by atoms with Crippen LogP contribution in [0.4, 0.5) is 0 Å². The molecule has 0 fully saturated rings. The number of nitrogens with zero attached hydrogens (tertiary/aromatic N) is 1. The van der Waals surface area contributed by atoms with Gasteiger partial charge in [-0.15, -0.1) is 11.6 Å². The van der Waals surface area contributed by atoms with Gasteiger partial charge in [0.05, 0.1) is 25.2 Å². The molecule has 1 N–H and O–H groups in total. The fourth-order valence-electron chi connectivity index (χ4n) is 1.22. The summed E-state index contributed by atoms with van der Waals surface area (Å²) in [4.78, 5) is -0.507. The Hall–Kier alpha value is 0.790. The van der Waals surface area contributed by atoms with Gasteiger partial charge in [-0.2, -0.15) is 0 Å². The van der Waals surface area contributed by atoms with Crippen molar-refractivity contribution in [3.63, 3.8) is 0 Å². The Balaban J connectivity index is 4.54. The molecule has 0 aromatic rings. The molecule has 0 saturated heterocycles. The molecule has 5 heteroatoms. The minimum absolute atomic E-state index is 0.0692. The molecule has 0 aliphatic carbocycles. The number of aliphatic hydroxyl groups excluding tert-OH is 1. The Morgan fingerprint density at radius 3 is 2.00 bits per heavy atom. The van der Waals surface area contributed by atoms with Gasteiger partial charge < -0.3 is 5.11 Å². The minimum atomic E-state index is -0.507. The Bertz CT molecular complexity index is 194. The van der Waals surface area contributed by atoms with Crippen molar-refractivity contribution in [2.45, 2.75) is 43.8 Å². The van der Waals surface area contributed by atoms with Crippen molar-refractivity contribution in [3.05, 3.63) is 0 Å². The van der Waals surface area contributed by atoms with Gasteiger partial charge in [0.2, 0.25) is 4.96 Å². The third-order valence-electron chi connectivity index (χ3n) is 3.07. The highest BCUT2D eigenvalue weighted by molar-refractivity contribution is 6.43. The maximum Gasteiger partial charge on any atom is 0.241 e. The molecule has 0 radical (unpaired) electrons. The van der Waals surface area contributed by atoms with E-state index in [4.69, 9.17) is 34.8 Å². The fourth-order valence-corrected chi connectivity index (χ4v) is 2.16. The number of rotatable bonds is 5. The average Bonchev–Trinajstić information content (AvgIpc) is 2.11. The normalized spacial score (nSPS) is 19.0. The standard InChI is InChI=1S/C10H21Cl3NO/c1-10(2,3)14(4,9(12)13)6-5-8(15)7-11/h8-9,15H,5-7H2,1-4H3/q+1. The first kappa shape index (κ1) is 15.8. The van der Waals surface area contributed by atoms with E-state index in [9.17, 15) is 5.11 Å². The molecule has 0 aromatic heterocycles. The molecule has 0 aliphatic rings. The van der Waals surface area contributed by atoms with Crippen LogP contribution in [0.25, 0.3) is 0 Å². The SMILES string of the molecule is CC(C)(C)[N+](C)(CCC(O)CCl)C(Cl)Cl. The predicted molar refractivity (Wildman–Crippen MR) is 67.6 cm³/mol. The highest BCUT2D eigenvalue weighted by Crippen LogP contribution is 2.31. The molecule has 92 valence electrons. The second-order valence-corrected chi connectivity index (χ2v) is 6.40. The lowest BCUT2D eigenvalue weighted by molar-refractivity contribution is -0.953. The number of hydrogen-bond donors (Lipinski definition) is 1. The number of hydrogen-bond acceptors (Lipinski definition) is 1. The molecule has 0 heterocycles. The first-order valence-electron chi connectivity index (χ1n) is 5.02. The van der Waals surface area contributed by atoms with Crippen LogP contribution < -0.4 is 0 Å². The molecule has 0 rings (SSSR count). The lowest BCUT2D eigenvalue weighted by atomic mass is 10.0. The van der Waals surface area contributed by atoms with Gasteiger partial charge in [-0.3, -0.25) is 4.48 Å². The summed E-state index contributed by atoms with van der Waals surface area (Å²) in [7, 11) is 1.99. The van der Waals surface area contributed by atoms with E-state index < -0.39 is 11.1 Å². The van der Waals surface area contributed by atoms with Gasteiger partial charge in [0.15, 0.2) is 0 Å².